The van der Waals surface area contributed by atoms with Crippen molar-refractivity contribution >= 4 is 10.9 Å². The Kier molecular flexibility index (Phi) is 2.54. The van der Waals surface area contributed by atoms with Crippen molar-refractivity contribution in [2.75, 3.05) is 14.2 Å². The van der Waals surface area contributed by atoms with E-state index in [-0.39, 0.29) is 23.0 Å². The number of methoxy groups -OCH3 is 2. The summed E-state index contributed by atoms with van der Waals surface area (Å²) >= 11 is 0. The van der Waals surface area contributed by atoms with Gasteiger partial charge >= 0.3 is 0 Å². The number of para-hydroxylation sites is 1. The van der Waals surface area contributed by atoms with Gasteiger partial charge in [0.25, 0.3) is 0 Å². The van der Waals surface area contributed by atoms with Gasteiger partial charge < -0.3 is 24.3 Å². The summed E-state index contributed by atoms with van der Waals surface area (Å²) in [6.07, 6.45) is 1.98. The number of hydrogen-bond acceptors (Lipinski definition) is 4. The average Bonchev–Trinajstić information content (AvgIpc) is 2.95. The summed E-state index contributed by atoms with van der Waals surface area (Å²) in [5.74, 6) is 0.299. The second kappa shape index (κ2) is 4.34. The minimum Gasteiger partial charge on any atom is -0.504 e. The second-order valence-corrected chi connectivity index (χ2v) is 5.30. The van der Waals surface area contributed by atoms with Gasteiger partial charge in [-0.2, -0.15) is 0 Å². The average molecular weight is 297 g/mol. The molecule has 0 fully saturated rings. The van der Waals surface area contributed by atoms with Crippen LogP contribution in [0.4, 0.5) is 0 Å². The first-order chi connectivity index (χ1) is 10.7. The molecule has 1 aliphatic rings. The molecular weight excluding hydrogens is 282 g/mol. The Morgan fingerprint density at radius 1 is 1.00 bits per heavy atom. The van der Waals surface area contributed by atoms with Crippen molar-refractivity contribution in [1.29, 1.82) is 0 Å². The van der Waals surface area contributed by atoms with E-state index < -0.39 is 0 Å². The highest BCUT2D eigenvalue weighted by Gasteiger charge is 2.30. The molecule has 0 saturated carbocycles. The van der Waals surface area contributed by atoms with Crippen LogP contribution in [0.25, 0.3) is 22.0 Å². The Labute approximate surface area is 126 Å². The van der Waals surface area contributed by atoms with Crippen LogP contribution >= 0.6 is 0 Å². The van der Waals surface area contributed by atoms with Gasteiger partial charge in [-0.05, 0) is 6.07 Å². The zero-order valence-electron chi connectivity index (χ0n) is 12.3. The third kappa shape index (κ3) is 1.43. The Balaban J connectivity index is 2.16. The normalized spacial score (nSPS) is 12.3. The highest BCUT2D eigenvalue weighted by atomic mass is 16.5. The molecule has 2 heterocycles. The molecule has 0 saturated heterocycles. The van der Waals surface area contributed by atoms with Gasteiger partial charge in [0, 0.05) is 28.3 Å². The number of nitrogens with zero attached hydrogens (tertiary/aromatic N) is 1. The van der Waals surface area contributed by atoms with Crippen molar-refractivity contribution < 1.29 is 19.7 Å². The van der Waals surface area contributed by atoms with Gasteiger partial charge in [-0.15, -0.1) is 0 Å². The molecule has 1 aromatic heterocycles. The minimum absolute atomic E-state index is 0.00324. The van der Waals surface area contributed by atoms with Crippen LogP contribution < -0.4 is 9.47 Å². The molecule has 0 radical (unpaired) electrons. The molecule has 22 heavy (non-hydrogen) atoms. The van der Waals surface area contributed by atoms with Gasteiger partial charge in [0.05, 0.1) is 26.3 Å². The number of phenolic OH excluding ortho intramolecular Hbond substituents is 2. The van der Waals surface area contributed by atoms with Crippen LogP contribution in [0.5, 0.6) is 23.0 Å². The summed E-state index contributed by atoms with van der Waals surface area (Å²) in [5.41, 5.74) is 3.15. The molecule has 0 bridgehead atoms. The first kappa shape index (κ1) is 12.9. The summed E-state index contributed by atoms with van der Waals surface area (Å²) in [7, 11) is 2.88. The first-order valence-electron chi connectivity index (χ1n) is 6.94. The van der Waals surface area contributed by atoms with Crippen LogP contribution in [0, 0.1) is 0 Å². The lowest BCUT2D eigenvalue weighted by molar-refractivity contribution is 0.315. The fourth-order valence-corrected chi connectivity index (χ4v) is 3.31. The fourth-order valence-electron chi connectivity index (χ4n) is 3.31. The number of aromatic nitrogens is 1. The third-order valence-corrected chi connectivity index (χ3v) is 4.26. The molecule has 4 rings (SSSR count). The maximum atomic E-state index is 10.7. The van der Waals surface area contributed by atoms with E-state index >= 15 is 0 Å². The SMILES string of the molecule is COc1c(O)c2c(c(O)c1OC)-c1cccc3ccn(c13)C2. The Hall–Kier alpha value is -2.82. The highest BCUT2D eigenvalue weighted by Crippen LogP contribution is 2.54. The number of rotatable bonds is 2. The van der Waals surface area contributed by atoms with E-state index in [1.807, 2.05) is 30.5 Å². The Bertz CT molecular complexity index is 911. The third-order valence-electron chi connectivity index (χ3n) is 4.26. The van der Waals surface area contributed by atoms with Crippen molar-refractivity contribution in [3.8, 4) is 34.1 Å². The standard InChI is InChI=1S/C17H15NO4/c1-21-16-14(19)11-8-18-7-6-9-4-3-5-10(13(9)18)12(11)15(20)17(16)22-2/h3-7,19-20H,8H2,1-2H3. The predicted molar refractivity (Wildman–Crippen MR) is 82.9 cm³/mol. The van der Waals surface area contributed by atoms with E-state index in [0.29, 0.717) is 17.7 Å². The zero-order valence-corrected chi connectivity index (χ0v) is 12.3. The van der Waals surface area contributed by atoms with Crippen molar-refractivity contribution in [3.63, 3.8) is 0 Å². The summed E-state index contributed by atoms with van der Waals surface area (Å²) in [6.45, 7) is 0.468. The largest absolute Gasteiger partial charge is 0.504 e. The molecule has 5 nitrogen and oxygen atoms in total. The van der Waals surface area contributed by atoms with Crippen LogP contribution in [-0.4, -0.2) is 29.0 Å². The molecule has 0 atom stereocenters. The molecule has 1 aliphatic heterocycles. The number of aromatic hydroxyl groups is 2. The lowest BCUT2D eigenvalue weighted by Crippen LogP contribution is -2.08. The number of phenols is 2. The molecule has 5 heteroatoms. The molecular formula is C17H15NO4. The van der Waals surface area contributed by atoms with E-state index in [4.69, 9.17) is 9.47 Å². The predicted octanol–water partition coefficient (Wildman–Crippen LogP) is 3.10. The van der Waals surface area contributed by atoms with Crippen LogP contribution in [0.3, 0.4) is 0 Å². The summed E-state index contributed by atoms with van der Waals surface area (Å²) in [6, 6.07) is 7.91. The minimum atomic E-state index is -0.00731. The van der Waals surface area contributed by atoms with Crippen LogP contribution in [0.15, 0.2) is 30.5 Å². The quantitative estimate of drug-likeness (QED) is 0.558. The summed E-state index contributed by atoms with van der Waals surface area (Å²) in [5, 5.41) is 22.3. The molecule has 3 aromatic rings. The number of hydrogen-bond donors (Lipinski definition) is 2. The van der Waals surface area contributed by atoms with Gasteiger partial charge in [0.15, 0.2) is 11.5 Å². The van der Waals surface area contributed by atoms with E-state index in [9.17, 15) is 10.2 Å². The molecule has 0 aliphatic carbocycles. The van der Waals surface area contributed by atoms with Gasteiger partial charge in [-0.3, -0.25) is 0 Å². The van der Waals surface area contributed by atoms with E-state index in [2.05, 4.69) is 4.57 Å². The zero-order chi connectivity index (χ0) is 15.4. The lowest BCUT2D eigenvalue weighted by Gasteiger charge is -2.24. The van der Waals surface area contributed by atoms with Crippen molar-refractivity contribution in [2.24, 2.45) is 0 Å². The maximum Gasteiger partial charge on any atom is 0.207 e. The smallest absolute Gasteiger partial charge is 0.207 e. The molecule has 0 spiro atoms. The van der Waals surface area contributed by atoms with Crippen LogP contribution in [0.1, 0.15) is 5.56 Å². The molecule has 112 valence electrons. The van der Waals surface area contributed by atoms with E-state index in [1.165, 1.54) is 14.2 Å². The highest BCUT2D eigenvalue weighted by molar-refractivity contribution is 6.00. The first-order valence-corrected chi connectivity index (χ1v) is 6.94. The number of benzene rings is 2. The van der Waals surface area contributed by atoms with Gasteiger partial charge in [0.1, 0.15) is 0 Å². The van der Waals surface area contributed by atoms with Gasteiger partial charge in [-0.25, -0.2) is 0 Å². The monoisotopic (exact) mass is 297 g/mol. The summed E-state index contributed by atoms with van der Waals surface area (Å²) in [4.78, 5) is 0. The molecule has 0 amide bonds. The van der Waals surface area contributed by atoms with Crippen LogP contribution in [0.2, 0.25) is 0 Å². The fraction of sp³-hybridized carbons (Fsp3) is 0.176. The van der Waals surface area contributed by atoms with E-state index in [1.54, 1.807) is 0 Å². The molecule has 2 N–H and O–H groups in total. The number of fused-ring (bicyclic) bond motifs is 2. The molecule has 0 unspecified atom stereocenters. The van der Waals surface area contributed by atoms with Crippen molar-refractivity contribution in [1.82, 2.24) is 4.57 Å². The van der Waals surface area contributed by atoms with E-state index in [0.717, 1.165) is 16.5 Å². The second-order valence-electron chi connectivity index (χ2n) is 5.30. The van der Waals surface area contributed by atoms with Crippen molar-refractivity contribution in [3.05, 3.63) is 36.0 Å². The van der Waals surface area contributed by atoms with Crippen LogP contribution in [-0.2, 0) is 6.54 Å². The Morgan fingerprint density at radius 3 is 2.45 bits per heavy atom. The summed E-state index contributed by atoms with van der Waals surface area (Å²) < 4.78 is 12.5. The maximum absolute atomic E-state index is 10.7. The van der Waals surface area contributed by atoms with Gasteiger partial charge in [0.2, 0.25) is 11.5 Å². The topological polar surface area (TPSA) is 63.9 Å². The molecule has 2 aromatic carbocycles. The Morgan fingerprint density at radius 2 is 1.73 bits per heavy atom. The lowest BCUT2D eigenvalue weighted by atomic mass is 9.92. The van der Waals surface area contributed by atoms with Crippen molar-refractivity contribution in [2.45, 2.75) is 6.54 Å². The van der Waals surface area contributed by atoms with Gasteiger partial charge in [-0.1, -0.05) is 18.2 Å². The number of ether oxygens (including phenoxy) is 2.